The molecule has 98 valence electrons. The molecule has 3 rings (SSSR count). The van der Waals surface area contributed by atoms with Crippen molar-refractivity contribution in [3.05, 3.63) is 64.1 Å². The Bertz CT molecular complexity index is 544. The summed E-state index contributed by atoms with van der Waals surface area (Å²) in [5.41, 5.74) is 2.40. The highest BCUT2D eigenvalue weighted by Crippen LogP contribution is 2.43. The van der Waals surface area contributed by atoms with E-state index in [0.717, 1.165) is 21.7 Å². The Morgan fingerprint density at radius 3 is 1.89 bits per heavy atom. The zero-order valence-electron chi connectivity index (χ0n) is 10.4. The Morgan fingerprint density at radius 2 is 1.37 bits per heavy atom. The summed E-state index contributed by atoms with van der Waals surface area (Å²) in [6.07, 6.45) is 2.57. The second-order valence-electron chi connectivity index (χ2n) is 5.02. The molecule has 2 aromatic carbocycles. The van der Waals surface area contributed by atoms with Gasteiger partial charge in [-0.3, -0.25) is 0 Å². The molecule has 1 N–H and O–H groups in total. The lowest BCUT2D eigenvalue weighted by atomic mass is 10.0. The van der Waals surface area contributed by atoms with Crippen molar-refractivity contribution in [2.75, 3.05) is 5.32 Å². The molecule has 0 amide bonds. The third-order valence-corrected chi connectivity index (χ3v) is 3.99. The molecule has 3 heteroatoms. The third-order valence-electron chi connectivity index (χ3n) is 3.49. The van der Waals surface area contributed by atoms with Crippen LogP contribution in [0, 0.1) is 5.92 Å². The van der Waals surface area contributed by atoms with Crippen LogP contribution in [0.15, 0.2) is 48.5 Å². The molecule has 1 saturated carbocycles. The van der Waals surface area contributed by atoms with Crippen molar-refractivity contribution >= 4 is 28.9 Å². The van der Waals surface area contributed by atoms with Crippen molar-refractivity contribution in [3.8, 4) is 0 Å². The highest BCUT2D eigenvalue weighted by atomic mass is 35.5. The van der Waals surface area contributed by atoms with Crippen LogP contribution in [0.5, 0.6) is 0 Å². The number of halogens is 2. The number of anilines is 1. The lowest BCUT2D eigenvalue weighted by molar-refractivity contribution is 0.679. The lowest BCUT2D eigenvalue weighted by Crippen LogP contribution is -2.12. The zero-order valence-corrected chi connectivity index (χ0v) is 12.0. The van der Waals surface area contributed by atoms with Crippen molar-refractivity contribution in [1.82, 2.24) is 0 Å². The fourth-order valence-corrected chi connectivity index (χ4v) is 2.55. The molecule has 19 heavy (non-hydrogen) atoms. The predicted octanol–water partition coefficient (Wildman–Crippen LogP) is 5.56. The van der Waals surface area contributed by atoms with Gasteiger partial charge in [-0.2, -0.15) is 0 Å². The van der Waals surface area contributed by atoms with E-state index in [0.29, 0.717) is 6.04 Å². The Kier molecular flexibility index (Phi) is 3.67. The van der Waals surface area contributed by atoms with E-state index in [1.165, 1.54) is 18.4 Å². The molecule has 2 aromatic rings. The SMILES string of the molecule is Clc1ccc(NC(c2ccc(Cl)cc2)C2CC2)cc1. The quantitative estimate of drug-likeness (QED) is 0.778. The molecule has 1 fully saturated rings. The highest BCUT2D eigenvalue weighted by molar-refractivity contribution is 6.30. The summed E-state index contributed by atoms with van der Waals surface area (Å²) in [5, 5.41) is 5.15. The average molecular weight is 292 g/mol. The minimum absolute atomic E-state index is 0.360. The molecule has 0 saturated heterocycles. The fraction of sp³-hybridized carbons (Fsp3) is 0.250. The maximum absolute atomic E-state index is 5.95. The topological polar surface area (TPSA) is 12.0 Å². The van der Waals surface area contributed by atoms with E-state index >= 15 is 0 Å². The van der Waals surface area contributed by atoms with Gasteiger partial charge in [-0.25, -0.2) is 0 Å². The minimum Gasteiger partial charge on any atom is -0.378 e. The maximum Gasteiger partial charge on any atom is 0.0542 e. The van der Waals surface area contributed by atoms with Crippen LogP contribution >= 0.6 is 23.2 Å². The second-order valence-corrected chi connectivity index (χ2v) is 5.89. The molecular weight excluding hydrogens is 277 g/mol. The van der Waals surface area contributed by atoms with Gasteiger partial charge in [0.25, 0.3) is 0 Å². The van der Waals surface area contributed by atoms with Crippen LogP contribution in [0.3, 0.4) is 0 Å². The van der Waals surface area contributed by atoms with Gasteiger partial charge < -0.3 is 5.32 Å². The molecule has 0 radical (unpaired) electrons. The predicted molar refractivity (Wildman–Crippen MR) is 82.0 cm³/mol. The van der Waals surface area contributed by atoms with Gasteiger partial charge in [0.2, 0.25) is 0 Å². The average Bonchev–Trinajstić information content (AvgIpc) is 3.24. The molecule has 1 aliphatic rings. The molecule has 0 bridgehead atoms. The fourth-order valence-electron chi connectivity index (χ4n) is 2.30. The van der Waals surface area contributed by atoms with E-state index in [4.69, 9.17) is 23.2 Å². The van der Waals surface area contributed by atoms with Gasteiger partial charge in [0.05, 0.1) is 6.04 Å². The van der Waals surface area contributed by atoms with E-state index in [1.54, 1.807) is 0 Å². The summed E-state index contributed by atoms with van der Waals surface area (Å²) in [4.78, 5) is 0. The Hall–Kier alpha value is -1.18. The molecule has 1 atom stereocenters. The van der Waals surface area contributed by atoms with Gasteiger partial charge in [-0.05, 0) is 60.7 Å². The van der Waals surface area contributed by atoms with E-state index < -0.39 is 0 Å². The molecule has 0 aliphatic heterocycles. The number of benzene rings is 2. The van der Waals surface area contributed by atoms with Crippen LogP contribution in [0.2, 0.25) is 10.0 Å². The zero-order chi connectivity index (χ0) is 13.2. The summed E-state index contributed by atoms with van der Waals surface area (Å²) in [6.45, 7) is 0. The Morgan fingerprint density at radius 1 is 0.842 bits per heavy atom. The molecule has 1 aliphatic carbocycles. The summed E-state index contributed by atoms with van der Waals surface area (Å²) >= 11 is 11.9. The summed E-state index contributed by atoms with van der Waals surface area (Å²) in [6, 6.07) is 16.3. The molecule has 0 heterocycles. The lowest BCUT2D eigenvalue weighted by Gasteiger charge is -2.20. The van der Waals surface area contributed by atoms with Gasteiger partial charge >= 0.3 is 0 Å². The van der Waals surface area contributed by atoms with Gasteiger partial charge in [0.1, 0.15) is 0 Å². The smallest absolute Gasteiger partial charge is 0.0542 e. The first-order chi connectivity index (χ1) is 9.22. The van der Waals surface area contributed by atoms with Crippen LogP contribution in [-0.4, -0.2) is 0 Å². The Labute approximate surface area is 123 Å². The summed E-state index contributed by atoms with van der Waals surface area (Å²) in [5.74, 6) is 0.719. The van der Waals surface area contributed by atoms with Gasteiger partial charge in [0, 0.05) is 15.7 Å². The summed E-state index contributed by atoms with van der Waals surface area (Å²) < 4.78 is 0. The van der Waals surface area contributed by atoms with E-state index in [9.17, 15) is 0 Å². The van der Waals surface area contributed by atoms with Crippen LogP contribution < -0.4 is 5.32 Å². The van der Waals surface area contributed by atoms with Crippen LogP contribution in [0.1, 0.15) is 24.4 Å². The highest BCUT2D eigenvalue weighted by Gasteiger charge is 2.32. The van der Waals surface area contributed by atoms with Crippen molar-refractivity contribution in [2.45, 2.75) is 18.9 Å². The molecule has 0 spiro atoms. The molecule has 1 nitrogen and oxygen atoms in total. The standard InChI is InChI=1S/C16H15Cl2N/c17-13-5-3-12(4-6-13)16(11-1-2-11)19-15-9-7-14(18)8-10-15/h3-11,16,19H,1-2H2. The van der Waals surface area contributed by atoms with Crippen molar-refractivity contribution < 1.29 is 0 Å². The number of rotatable bonds is 4. The molecular formula is C16H15Cl2N. The van der Waals surface area contributed by atoms with E-state index in [-0.39, 0.29) is 0 Å². The maximum atomic E-state index is 5.95. The monoisotopic (exact) mass is 291 g/mol. The first-order valence-corrected chi connectivity index (χ1v) is 7.25. The molecule has 1 unspecified atom stereocenters. The van der Waals surface area contributed by atoms with Crippen LogP contribution in [-0.2, 0) is 0 Å². The first-order valence-electron chi connectivity index (χ1n) is 6.50. The van der Waals surface area contributed by atoms with Gasteiger partial charge in [-0.1, -0.05) is 35.3 Å². The third kappa shape index (κ3) is 3.23. The van der Waals surface area contributed by atoms with Crippen molar-refractivity contribution in [3.63, 3.8) is 0 Å². The van der Waals surface area contributed by atoms with Gasteiger partial charge in [-0.15, -0.1) is 0 Å². The Balaban J connectivity index is 1.81. The van der Waals surface area contributed by atoms with Gasteiger partial charge in [0.15, 0.2) is 0 Å². The second kappa shape index (κ2) is 5.44. The molecule has 0 aromatic heterocycles. The number of hydrogen-bond acceptors (Lipinski definition) is 1. The van der Waals surface area contributed by atoms with Crippen LogP contribution in [0.25, 0.3) is 0 Å². The normalized spacial score (nSPS) is 16.1. The largest absolute Gasteiger partial charge is 0.378 e. The minimum atomic E-state index is 0.360. The van der Waals surface area contributed by atoms with E-state index in [1.807, 2.05) is 36.4 Å². The van der Waals surface area contributed by atoms with Crippen molar-refractivity contribution in [2.24, 2.45) is 5.92 Å². The first kappa shape index (κ1) is 12.8. The van der Waals surface area contributed by atoms with Crippen molar-refractivity contribution in [1.29, 1.82) is 0 Å². The number of nitrogens with one attached hydrogen (secondary N) is 1. The summed E-state index contributed by atoms with van der Waals surface area (Å²) in [7, 11) is 0. The number of hydrogen-bond donors (Lipinski definition) is 1. The van der Waals surface area contributed by atoms with Crippen LogP contribution in [0.4, 0.5) is 5.69 Å². The van der Waals surface area contributed by atoms with E-state index in [2.05, 4.69) is 17.4 Å².